The number of allylic oxidation sites excluding steroid dienone is 1. The molecule has 2 aromatic carbocycles. The molecule has 4 heteroatoms. The van der Waals surface area contributed by atoms with Crippen LogP contribution in [0.5, 0.6) is 11.5 Å². The van der Waals surface area contributed by atoms with Crippen molar-refractivity contribution in [3.05, 3.63) is 65.4 Å². The Labute approximate surface area is 128 Å². The van der Waals surface area contributed by atoms with Crippen molar-refractivity contribution in [3.8, 4) is 11.5 Å². The SMILES string of the molecule is C=C1Cc2cc(CC(=O)Cc3cc(O)ccc3O)ccc2N1. The summed E-state index contributed by atoms with van der Waals surface area (Å²) >= 11 is 0. The van der Waals surface area contributed by atoms with E-state index in [9.17, 15) is 15.0 Å². The number of fused-ring (bicyclic) bond motifs is 1. The van der Waals surface area contributed by atoms with Crippen LogP contribution >= 0.6 is 0 Å². The zero-order valence-corrected chi connectivity index (χ0v) is 12.1. The van der Waals surface area contributed by atoms with E-state index < -0.39 is 0 Å². The molecule has 0 bridgehead atoms. The molecule has 1 aliphatic heterocycles. The predicted molar refractivity (Wildman–Crippen MR) is 85.1 cm³/mol. The second-order valence-electron chi connectivity index (χ2n) is 5.60. The van der Waals surface area contributed by atoms with Gasteiger partial charge in [0.25, 0.3) is 0 Å². The minimum absolute atomic E-state index is 0.00867. The number of hydrogen-bond donors (Lipinski definition) is 3. The minimum atomic E-state index is -0.00867. The molecule has 0 unspecified atom stereocenters. The van der Waals surface area contributed by atoms with E-state index in [1.807, 2.05) is 18.2 Å². The number of aromatic hydroxyl groups is 2. The lowest BCUT2D eigenvalue weighted by molar-refractivity contribution is -0.117. The molecule has 0 fully saturated rings. The average molecular weight is 295 g/mol. The minimum Gasteiger partial charge on any atom is -0.508 e. The van der Waals surface area contributed by atoms with Gasteiger partial charge in [-0.25, -0.2) is 0 Å². The van der Waals surface area contributed by atoms with Crippen molar-refractivity contribution in [1.82, 2.24) is 0 Å². The number of hydrogen-bond acceptors (Lipinski definition) is 4. The van der Waals surface area contributed by atoms with E-state index in [1.54, 1.807) is 0 Å². The van der Waals surface area contributed by atoms with Crippen molar-refractivity contribution in [2.75, 3.05) is 5.32 Å². The van der Waals surface area contributed by atoms with E-state index in [-0.39, 0.29) is 23.7 Å². The van der Waals surface area contributed by atoms with Crippen LogP contribution in [0.15, 0.2) is 48.7 Å². The number of nitrogens with one attached hydrogen (secondary N) is 1. The molecule has 1 heterocycles. The highest BCUT2D eigenvalue weighted by Gasteiger charge is 2.15. The van der Waals surface area contributed by atoms with Gasteiger partial charge in [-0.2, -0.15) is 0 Å². The lowest BCUT2D eigenvalue weighted by Gasteiger charge is -2.06. The van der Waals surface area contributed by atoms with Crippen molar-refractivity contribution >= 4 is 11.5 Å². The fraction of sp³-hybridized carbons (Fsp3) is 0.167. The molecular weight excluding hydrogens is 278 g/mol. The molecule has 4 nitrogen and oxygen atoms in total. The third-order valence-electron chi connectivity index (χ3n) is 3.74. The van der Waals surface area contributed by atoms with Crippen LogP contribution in [0.2, 0.25) is 0 Å². The summed E-state index contributed by atoms with van der Waals surface area (Å²) in [6.07, 6.45) is 1.18. The van der Waals surface area contributed by atoms with Crippen molar-refractivity contribution in [2.45, 2.75) is 19.3 Å². The van der Waals surface area contributed by atoms with Crippen LogP contribution in [-0.2, 0) is 24.1 Å². The Morgan fingerprint density at radius 1 is 1.14 bits per heavy atom. The Balaban J connectivity index is 1.71. The molecule has 0 amide bonds. The van der Waals surface area contributed by atoms with Crippen molar-refractivity contribution in [3.63, 3.8) is 0 Å². The molecule has 1 aliphatic rings. The number of benzene rings is 2. The Hall–Kier alpha value is -2.75. The van der Waals surface area contributed by atoms with Gasteiger partial charge >= 0.3 is 0 Å². The molecule has 0 aromatic heterocycles. The van der Waals surface area contributed by atoms with Gasteiger partial charge in [0, 0.05) is 36.2 Å². The molecule has 3 N–H and O–H groups in total. The Kier molecular flexibility index (Phi) is 3.59. The van der Waals surface area contributed by atoms with Crippen LogP contribution in [0.4, 0.5) is 5.69 Å². The molecule has 0 atom stereocenters. The Morgan fingerprint density at radius 2 is 1.95 bits per heavy atom. The number of Topliss-reactive ketones (excluding diaryl/α,β-unsaturated/α-hetero) is 1. The van der Waals surface area contributed by atoms with E-state index in [0.717, 1.165) is 28.9 Å². The summed E-state index contributed by atoms with van der Waals surface area (Å²) < 4.78 is 0. The lowest BCUT2D eigenvalue weighted by Crippen LogP contribution is -2.07. The molecule has 0 saturated carbocycles. The van der Waals surface area contributed by atoms with Gasteiger partial charge in [-0.3, -0.25) is 4.79 Å². The summed E-state index contributed by atoms with van der Waals surface area (Å²) in [5.41, 5.74) is 4.55. The fourth-order valence-corrected chi connectivity index (χ4v) is 2.71. The summed E-state index contributed by atoms with van der Waals surface area (Å²) in [5, 5.41) is 22.3. The summed E-state index contributed by atoms with van der Waals surface area (Å²) in [6, 6.07) is 10.1. The van der Waals surface area contributed by atoms with E-state index in [2.05, 4.69) is 11.9 Å². The van der Waals surface area contributed by atoms with Crippen LogP contribution in [0.25, 0.3) is 0 Å². The molecule has 0 spiro atoms. The van der Waals surface area contributed by atoms with Gasteiger partial charge in [0.2, 0.25) is 0 Å². The van der Waals surface area contributed by atoms with Crippen LogP contribution in [-0.4, -0.2) is 16.0 Å². The van der Waals surface area contributed by atoms with Crippen molar-refractivity contribution in [1.29, 1.82) is 0 Å². The Morgan fingerprint density at radius 3 is 2.77 bits per heavy atom. The highest BCUT2D eigenvalue weighted by molar-refractivity contribution is 5.84. The van der Waals surface area contributed by atoms with E-state index in [1.165, 1.54) is 18.2 Å². The molecule has 0 radical (unpaired) electrons. The Bertz CT molecular complexity index is 765. The first-order chi connectivity index (χ1) is 10.5. The van der Waals surface area contributed by atoms with Crippen LogP contribution in [0.1, 0.15) is 16.7 Å². The molecule has 0 aliphatic carbocycles. The standard InChI is InChI=1S/C18H17NO3/c1-11-6-13-7-12(2-4-17(13)19-11)8-16(21)10-14-9-15(20)3-5-18(14)22/h2-5,7,9,19-20,22H,1,6,8,10H2. The smallest absolute Gasteiger partial charge is 0.141 e. The highest BCUT2D eigenvalue weighted by atomic mass is 16.3. The fourth-order valence-electron chi connectivity index (χ4n) is 2.71. The third kappa shape index (κ3) is 2.96. The van der Waals surface area contributed by atoms with Gasteiger partial charge in [0.15, 0.2) is 0 Å². The second kappa shape index (κ2) is 5.56. The van der Waals surface area contributed by atoms with Crippen LogP contribution in [0, 0.1) is 0 Å². The maximum absolute atomic E-state index is 12.2. The first-order valence-electron chi connectivity index (χ1n) is 7.10. The van der Waals surface area contributed by atoms with Crippen molar-refractivity contribution < 1.29 is 15.0 Å². The van der Waals surface area contributed by atoms with Gasteiger partial charge in [0.05, 0.1) is 0 Å². The average Bonchev–Trinajstić information content (AvgIpc) is 2.82. The summed E-state index contributed by atoms with van der Waals surface area (Å²) in [5.74, 6) is 0.0638. The van der Waals surface area contributed by atoms with Crippen LogP contribution in [0.3, 0.4) is 0 Å². The van der Waals surface area contributed by atoms with Crippen LogP contribution < -0.4 is 5.32 Å². The van der Waals surface area contributed by atoms with Gasteiger partial charge < -0.3 is 15.5 Å². The quantitative estimate of drug-likeness (QED) is 0.759. The zero-order valence-electron chi connectivity index (χ0n) is 12.1. The molecule has 22 heavy (non-hydrogen) atoms. The second-order valence-corrected chi connectivity index (χ2v) is 5.60. The third-order valence-corrected chi connectivity index (χ3v) is 3.74. The van der Waals surface area contributed by atoms with E-state index >= 15 is 0 Å². The maximum atomic E-state index is 12.2. The number of anilines is 1. The first-order valence-corrected chi connectivity index (χ1v) is 7.10. The lowest BCUT2D eigenvalue weighted by atomic mass is 10.00. The highest BCUT2D eigenvalue weighted by Crippen LogP contribution is 2.28. The zero-order chi connectivity index (χ0) is 15.7. The number of phenolic OH excluding ortho intramolecular Hbond substituents is 2. The number of ketones is 1. The number of rotatable bonds is 4. The normalized spacial score (nSPS) is 12.8. The van der Waals surface area contributed by atoms with Crippen molar-refractivity contribution in [2.24, 2.45) is 0 Å². The number of carbonyl (C=O) groups excluding carboxylic acids is 1. The molecule has 0 saturated heterocycles. The first kappa shape index (κ1) is 14.2. The maximum Gasteiger partial charge on any atom is 0.141 e. The van der Waals surface area contributed by atoms with Gasteiger partial charge in [-0.15, -0.1) is 0 Å². The van der Waals surface area contributed by atoms with E-state index in [0.29, 0.717) is 12.0 Å². The largest absolute Gasteiger partial charge is 0.508 e. The monoisotopic (exact) mass is 295 g/mol. The summed E-state index contributed by atoms with van der Waals surface area (Å²) in [7, 11) is 0. The molecule has 2 aromatic rings. The number of phenols is 2. The number of carbonyl (C=O) groups is 1. The predicted octanol–water partition coefficient (Wildman–Crippen LogP) is 2.93. The van der Waals surface area contributed by atoms with Gasteiger partial charge in [-0.05, 0) is 35.4 Å². The molecular formula is C18H17NO3. The van der Waals surface area contributed by atoms with Gasteiger partial charge in [0.1, 0.15) is 17.3 Å². The summed E-state index contributed by atoms with van der Waals surface area (Å²) in [6.45, 7) is 3.90. The molecule has 3 rings (SSSR count). The topological polar surface area (TPSA) is 69.6 Å². The molecule has 112 valence electrons. The van der Waals surface area contributed by atoms with Gasteiger partial charge in [-0.1, -0.05) is 18.7 Å². The van der Waals surface area contributed by atoms with E-state index in [4.69, 9.17) is 0 Å². The summed E-state index contributed by atoms with van der Waals surface area (Å²) in [4.78, 5) is 12.2.